The van der Waals surface area contributed by atoms with Gasteiger partial charge in [0.25, 0.3) is 5.56 Å². The number of H-pyrrole nitrogens is 1. The zero-order chi connectivity index (χ0) is 21.6. The lowest BCUT2D eigenvalue weighted by Gasteiger charge is -2.09. The van der Waals surface area contributed by atoms with Crippen LogP contribution in [0.2, 0.25) is 0 Å². The number of aromatic nitrogens is 3. The van der Waals surface area contributed by atoms with Crippen LogP contribution in [0, 0.1) is 6.92 Å². The molecule has 0 fully saturated rings. The summed E-state index contributed by atoms with van der Waals surface area (Å²) in [4.78, 5) is 26.2. The van der Waals surface area contributed by atoms with Gasteiger partial charge < -0.3 is 9.72 Å². The Morgan fingerprint density at radius 2 is 1.87 bits per heavy atom. The average molecular weight is 433 g/mol. The second kappa shape index (κ2) is 7.13. The monoisotopic (exact) mass is 433 g/mol. The topological polar surface area (TPSA) is 77.0 Å². The summed E-state index contributed by atoms with van der Waals surface area (Å²) in [5.41, 5.74) is -1.13. The lowest BCUT2D eigenvalue weighted by atomic mass is 10.0. The van der Waals surface area contributed by atoms with Crippen LogP contribution >= 0.6 is 11.5 Å². The number of nitrogens with zero attached hydrogens (tertiary/aromatic N) is 2. The van der Waals surface area contributed by atoms with E-state index in [2.05, 4.69) is 4.37 Å². The van der Waals surface area contributed by atoms with E-state index in [9.17, 15) is 22.8 Å². The molecule has 0 saturated heterocycles. The van der Waals surface area contributed by atoms with E-state index in [4.69, 9.17) is 4.74 Å². The van der Waals surface area contributed by atoms with Crippen molar-refractivity contribution in [1.29, 1.82) is 0 Å². The molecule has 4 aromatic rings. The first-order valence-electron chi connectivity index (χ1n) is 8.67. The smallest absolute Gasteiger partial charge is 0.431 e. The molecule has 4 rings (SSSR count). The van der Waals surface area contributed by atoms with Gasteiger partial charge in [-0.25, -0.2) is 9.36 Å². The van der Waals surface area contributed by atoms with E-state index >= 15 is 0 Å². The van der Waals surface area contributed by atoms with Crippen LogP contribution in [0.3, 0.4) is 0 Å². The van der Waals surface area contributed by atoms with Crippen molar-refractivity contribution in [2.24, 2.45) is 0 Å². The molecule has 0 atom stereocenters. The number of aromatic amines is 1. The molecule has 10 heteroatoms. The molecule has 0 unspecified atom stereocenters. The molecule has 0 saturated carbocycles. The summed E-state index contributed by atoms with van der Waals surface area (Å²) >= 11 is 1.24. The van der Waals surface area contributed by atoms with Crippen LogP contribution in [0.25, 0.3) is 27.0 Å². The number of ether oxygens (including phenoxy) is 1. The number of benzene rings is 2. The number of alkyl halides is 3. The third-order valence-electron chi connectivity index (χ3n) is 4.62. The lowest BCUT2D eigenvalue weighted by molar-refractivity contribution is -0.141. The number of halogens is 3. The summed E-state index contributed by atoms with van der Waals surface area (Å²) in [5.74, 6) is 0.724. The normalized spacial score (nSPS) is 11.8. The van der Waals surface area contributed by atoms with Crippen LogP contribution in [0.5, 0.6) is 5.75 Å². The largest absolute Gasteiger partial charge is 0.496 e. The first-order valence-corrected chi connectivity index (χ1v) is 9.45. The maximum Gasteiger partial charge on any atom is 0.431 e. The summed E-state index contributed by atoms with van der Waals surface area (Å²) in [6.45, 7) is 1.89. The molecule has 6 nitrogen and oxygen atoms in total. The average Bonchev–Trinajstić information content (AvgIpc) is 3.10. The molecule has 0 aliphatic heterocycles. The highest BCUT2D eigenvalue weighted by molar-refractivity contribution is 7.13. The van der Waals surface area contributed by atoms with Crippen molar-refractivity contribution in [3.63, 3.8) is 0 Å². The lowest BCUT2D eigenvalue weighted by Crippen LogP contribution is -2.35. The van der Waals surface area contributed by atoms with Crippen LogP contribution in [0.15, 0.2) is 52.1 Å². The zero-order valence-corrected chi connectivity index (χ0v) is 16.5. The molecule has 0 bridgehead atoms. The van der Waals surface area contributed by atoms with Crippen LogP contribution in [-0.2, 0) is 6.18 Å². The van der Waals surface area contributed by atoms with Crippen LogP contribution in [0.4, 0.5) is 13.2 Å². The SMILES string of the molecule is COc1ccc(-c2nsc3ccc(-n4c(=O)cc(C(F)(F)F)[nH]c4=O)cc23)cc1C. The van der Waals surface area contributed by atoms with E-state index in [1.807, 2.05) is 25.1 Å². The van der Waals surface area contributed by atoms with Gasteiger partial charge in [0, 0.05) is 17.0 Å². The number of aryl methyl sites for hydroxylation is 1. The summed E-state index contributed by atoms with van der Waals surface area (Å²) in [7, 11) is 1.58. The predicted octanol–water partition coefficient (Wildman–Crippen LogP) is 4.14. The van der Waals surface area contributed by atoms with Crippen molar-refractivity contribution in [2.75, 3.05) is 7.11 Å². The fourth-order valence-corrected chi connectivity index (χ4v) is 3.97. The van der Waals surface area contributed by atoms with Gasteiger partial charge in [-0.1, -0.05) is 0 Å². The third-order valence-corrected chi connectivity index (χ3v) is 5.44. The maximum absolute atomic E-state index is 12.8. The number of fused-ring (bicyclic) bond motifs is 1. The highest BCUT2D eigenvalue weighted by atomic mass is 32.1. The highest BCUT2D eigenvalue weighted by Gasteiger charge is 2.33. The molecular weight excluding hydrogens is 419 g/mol. The molecule has 30 heavy (non-hydrogen) atoms. The minimum Gasteiger partial charge on any atom is -0.496 e. The summed E-state index contributed by atoms with van der Waals surface area (Å²) in [5, 5.41) is 0.674. The predicted molar refractivity (Wildman–Crippen MR) is 108 cm³/mol. The van der Waals surface area contributed by atoms with Gasteiger partial charge in [-0.05, 0) is 60.4 Å². The van der Waals surface area contributed by atoms with Crippen molar-refractivity contribution >= 4 is 21.6 Å². The standard InChI is InChI=1S/C20H14F3N3O3S/c1-10-7-11(3-5-14(10)29-2)18-13-8-12(4-6-15(13)30-25-18)26-17(27)9-16(20(21,22)23)24-19(26)28/h3-9H,1-2H3,(H,24,28). The van der Waals surface area contributed by atoms with E-state index in [1.165, 1.54) is 17.6 Å². The summed E-state index contributed by atoms with van der Waals surface area (Å²) < 4.78 is 49.7. The second-order valence-electron chi connectivity index (χ2n) is 6.56. The Labute approximate surface area is 171 Å². The summed E-state index contributed by atoms with van der Waals surface area (Å²) in [6.07, 6.45) is -4.82. The van der Waals surface area contributed by atoms with Gasteiger partial charge in [0.2, 0.25) is 0 Å². The molecule has 0 aliphatic carbocycles. The Hall–Kier alpha value is -3.40. The number of rotatable bonds is 3. The van der Waals surface area contributed by atoms with E-state index < -0.39 is 23.1 Å². The Balaban J connectivity index is 1.88. The molecule has 0 spiro atoms. The fourth-order valence-electron chi connectivity index (χ4n) is 3.19. The van der Waals surface area contributed by atoms with Crippen molar-refractivity contribution in [2.45, 2.75) is 13.1 Å². The van der Waals surface area contributed by atoms with Gasteiger partial charge in [0.1, 0.15) is 11.4 Å². The third kappa shape index (κ3) is 3.39. The molecular formula is C20H14F3N3O3S. The van der Waals surface area contributed by atoms with Crippen molar-refractivity contribution < 1.29 is 17.9 Å². The minimum atomic E-state index is -4.82. The van der Waals surface area contributed by atoms with E-state index in [0.717, 1.165) is 21.6 Å². The quantitative estimate of drug-likeness (QED) is 0.527. The molecule has 154 valence electrons. The van der Waals surface area contributed by atoms with Gasteiger partial charge in [-0.2, -0.15) is 17.5 Å². The van der Waals surface area contributed by atoms with Gasteiger partial charge in [-0.3, -0.25) is 4.79 Å². The van der Waals surface area contributed by atoms with Gasteiger partial charge in [0.15, 0.2) is 0 Å². The van der Waals surface area contributed by atoms with Crippen LogP contribution in [0.1, 0.15) is 11.3 Å². The number of nitrogens with one attached hydrogen (secondary N) is 1. The molecule has 0 amide bonds. The van der Waals surface area contributed by atoms with Crippen molar-refractivity contribution in [1.82, 2.24) is 13.9 Å². The van der Waals surface area contributed by atoms with Crippen LogP contribution in [-0.4, -0.2) is 21.0 Å². The van der Waals surface area contributed by atoms with Crippen LogP contribution < -0.4 is 16.0 Å². The molecule has 2 aromatic carbocycles. The molecule has 1 N–H and O–H groups in total. The van der Waals surface area contributed by atoms with Gasteiger partial charge in [0.05, 0.1) is 23.2 Å². The van der Waals surface area contributed by atoms with Crippen molar-refractivity contribution in [3.8, 4) is 22.7 Å². The first-order chi connectivity index (χ1) is 14.2. The van der Waals surface area contributed by atoms with E-state index in [-0.39, 0.29) is 5.69 Å². The van der Waals surface area contributed by atoms with E-state index in [1.54, 1.807) is 24.2 Å². The van der Waals surface area contributed by atoms with Crippen molar-refractivity contribution in [3.05, 3.63) is 74.6 Å². The van der Waals surface area contributed by atoms with Gasteiger partial charge >= 0.3 is 11.9 Å². The Morgan fingerprint density at radius 3 is 2.50 bits per heavy atom. The Bertz CT molecular complexity index is 1350. The number of hydrogen-bond acceptors (Lipinski definition) is 5. The number of methoxy groups -OCH3 is 1. The molecule has 2 aromatic heterocycles. The maximum atomic E-state index is 12.8. The fraction of sp³-hybridized carbons (Fsp3) is 0.150. The zero-order valence-electron chi connectivity index (χ0n) is 15.7. The Kier molecular flexibility index (Phi) is 4.73. The molecule has 0 radical (unpaired) electrons. The molecule has 2 heterocycles. The highest BCUT2D eigenvalue weighted by Crippen LogP contribution is 2.34. The number of hydrogen-bond donors (Lipinski definition) is 1. The first kappa shape index (κ1) is 19.9. The molecule has 0 aliphatic rings. The second-order valence-corrected chi connectivity index (χ2v) is 7.36. The summed E-state index contributed by atoms with van der Waals surface area (Å²) in [6, 6.07) is 10.6. The Morgan fingerprint density at radius 1 is 1.10 bits per heavy atom. The van der Waals surface area contributed by atoms with E-state index in [0.29, 0.717) is 21.7 Å². The van der Waals surface area contributed by atoms with Gasteiger partial charge in [-0.15, -0.1) is 0 Å². The minimum absolute atomic E-state index is 0.147.